The van der Waals surface area contributed by atoms with Crippen LogP contribution in [0.5, 0.6) is 0 Å². The first-order valence-electron chi connectivity index (χ1n) is 2.45. The van der Waals surface area contributed by atoms with Gasteiger partial charge in [0.1, 0.15) is 0 Å². The monoisotopic (exact) mass is 155 g/mol. The summed E-state index contributed by atoms with van der Waals surface area (Å²) in [4.78, 5) is 0. The molecule has 0 aliphatic heterocycles. The molecule has 0 saturated carbocycles. The maximum absolute atomic E-state index is 10.1. The zero-order valence-corrected chi connectivity index (χ0v) is 6.41. The second kappa shape index (κ2) is 5.49. The van der Waals surface area contributed by atoms with Gasteiger partial charge in [-0.25, -0.2) is 0 Å². The van der Waals surface area contributed by atoms with Gasteiger partial charge in [-0.2, -0.15) is 0 Å². The van der Waals surface area contributed by atoms with Gasteiger partial charge in [0, 0.05) is 0 Å². The fourth-order valence-electron chi connectivity index (χ4n) is 0.281. The van der Waals surface area contributed by atoms with Crippen molar-refractivity contribution < 1.29 is 9.30 Å². The van der Waals surface area contributed by atoms with Crippen molar-refractivity contribution in [2.24, 2.45) is 0 Å². The Balaban J connectivity index is 2.82. The number of hydrogen-bond acceptors (Lipinski definition) is 2. The summed E-state index contributed by atoms with van der Waals surface area (Å²) in [6.45, 7) is 2.63. The Hall–Kier alpha value is 0.350. The van der Waals surface area contributed by atoms with Gasteiger partial charge >= 0.3 is 7.15 Å². The Labute approximate surface area is 54.7 Å². The Morgan fingerprint density at radius 3 is 2.75 bits per heavy atom. The first kappa shape index (κ1) is 8.35. The van der Waals surface area contributed by atoms with Gasteiger partial charge < -0.3 is 4.74 Å². The highest BCUT2D eigenvalue weighted by Crippen LogP contribution is 2.25. The molecule has 2 nitrogen and oxygen atoms in total. The van der Waals surface area contributed by atoms with Gasteiger partial charge in [-0.3, -0.25) is 0 Å². The van der Waals surface area contributed by atoms with Gasteiger partial charge in [0.2, 0.25) is 11.2 Å². The minimum absolute atomic E-state index is 0.185. The van der Waals surface area contributed by atoms with Crippen molar-refractivity contribution in [1.29, 1.82) is 0 Å². The van der Waals surface area contributed by atoms with Crippen LogP contribution in [0.2, 0.25) is 0 Å². The summed E-state index contributed by atoms with van der Waals surface area (Å²) in [5.74, 6) is 0. The fourth-order valence-corrected chi connectivity index (χ4v) is 0.760. The molecule has 0 radical (unpaired) electrons. The minimum atomic E-state index is -1.61. The van der Waals surface area contributed by atoms with Crippen LogP contribution in [0.3, 0.4) is 0 Å². The summed E-state index contributed by atoms with van der Waals surface area (Å²) in [6.07, 6.45) is 1.13. The van der Waals surface area contributed by atoms with E-state index in [1.807, 2.05) is 6.92 Å². The molecule has 8 heavy (non-hydrogen) atoms. The van der Waals surface area contributed by atoms with E-state index in [0.717, 1.165) is 6.42 Å². The van der Waals surface area contributed by atoms with Crippen molar-refractivity contribution in [3.8, 4) is 0 Å². The SMILES string of the molecule is CCCOC[P+](=O)Cl. The molecule has 0 saturated heterocycles. The lowest BCUT2D eigenvalue weighted by molar-refractivity contribution is 0.179. The van der Waals surface area contributed by atoms with E-state index in [1.165, 1.54) is 0 Å². The smallest absolute Gasteiger partial charge is 0.336 e. The van der Waals surface area contributed by atoms with Crippen LogP contribution in [-0.2, 0) is 9.30 Å². The predicted octanol–water partition coefficient (Wildman–Crippen LogP) is 2.35. The molecule has 0 aromatic rings. The van der Waals surface area contributed by atoms with E-state index in [1.54, 1.807) is 0 Å². The summed E-state index contributed by atoms with van der Waals surface area (Å²) < 4.78 is 14.9. The largest absolute Gasteiger partial charge is 0.483 e. The number of rotatable bonds is 4. The van der Waals surface area contributed by atoms with Gasteiger partial charge in [-0.05, 0) is 11.0 Å². The Morgan fingerprint density at radius 2 is 2.38 bits per heavy atom. The molecule has 0 N–H and O–H groups in total. The Bertz CT molecular complexity index is 76.4. The van der Waals surface area contributed by atoms with Crippen molar-refractivity contribution in [3.05, 3.63) is 0 Å². The topological polar surface area (TPSA) is 26.3 Å². The zero-order valence-electron chi connectivity index (χ0n) is 4.76. The third-order valence-electron chi connectivity index (χ3n) is 0.541. The maximum atomic E-state index is 10.1. The summed E-state index contributed by atoms with van der Waals surface area (Å²) in [5, 5.41) is 0. The van der Waals surface area contributed by atoms with E-state index in [9.17, 15) is 4.57 Å². The minimum Gasteiger partial charge on any atom is -0.336 e. The predicted molar refractivity (Wildman–Crippen MR) is 34.6 cm³/mol. The van der Waals surface area contributed by atoms with Crippen LogP contribution < -0.4 is 0 Å². The zero-order chi connectivity index (χ0) is 6.41. The van der Waals surface area contributed by atoms with Gasteiger partial charge in [-0.1, -0.05) is 6.92 Å². The molecule has 0 aromatic carbocycles. The van der Waals surface area contributed by atoms with Crippen LogP contribution in [0.1, 0.15) is 13.3 Å². The van der Waals surface area contributed by atoms with Crippen LogP contribution in [0.25, 0.3) is 0 Å². The molecule has 4 heteroatoms. The molecule has 0 fully saturated rings. The molecular formula is C4H9ClO2P+. The van der Waals surface area contributed by atoms with E-state index in [0.29, 0.717) is 6.61 Å². The van der Waals surface area contributed by atoms with E-state index in [4.69, 9.17) is 16.0 Å². The van der Waals surface area contributed by atoms with Crippen LogP contribution in [0.15, 0.2) is 0 Å². The first-order valence-corrected chi connectivity index (χ1v) is 4.80. The molecular weight excluding hydrogens is 146 g/mol. The van der Waals surface area contributed by atoms with Gasteiger partial charge in [-0.15, -0.1) is 0 Å². The van der Waals surface area contributed by atoms with Crippen LogP contribution in [0.4, 0.5) is 0 Å². The molecule has 0 bridgehead atoms. The standard InChI is InChI=1S/C4H9ClO2P/c1-2-3-7-4-8(5)6/h2-4H2,1H3/q+1. The molecule has 0 amide bonds. The molecule has 0 aromatic heterocycles. The normalized spacial score (nSPS) is 11.5. The molecule has 0 spiro atoms. The molecule has 0 heterocycles. The average molecular weight is 156 g/mol. The van der Waals surface area contributed by atoms with Crippen molar-refractivity contribution >= 4 is 18.4 Å². The van der Waals surface area contributed by atoms with Crippen molar-refractivity contribution in [1.82, 2.24) is 0 Å². The number of hydrogen-bond donors (Lipinski definition) is 0. The number of ether oxygens (including phenoxy) is 1. The van der Waals surface area contributed by atoms with E-state index >= 15 is 0 Å². The lowest BCUT2D eigenvalue weighted by atomic mass is 10.5. The number of halogens is 1. The fraction of sp³-hybridized carbons (Fsp3) is 1.00. The van der Waals surface area contributed by atoms with Crippen molar-refractivity contribution in [2.75, 3.05) is 13.0 Å². The van der Waals surface area contributed by atoms with Crippen LogP contribution in [-0.4, -0.2) is 13.0 Å². The molecule has 48 valence electrons. The quantitative estimate of drug-likeness (QED) is 0.460. The highest BCUT2D eigenvalue weighted by Gasteiger charge is 2.08. The van der Waals surface area contributed by atoms with Crippen LogP contribution in [0, 0.1) is 0 Å². The Morgan fingerprint density at radius 1 is 1.75 bits per heavy atom. The molecule has 1 unspecified atom stereocenters. The molecule has 0 rings (SSSR count). The van der Waals surface area contributed by atoms with Gasteiger partial charge in [0.25, 0.3) is 6.35 Å². The second-order valence-corrected chi connectivity index (χ2v) is 3.38. The summed E-state index contributed by atoms with van der Waals surface area (Å²) in [5.41, 5.74) is 0. The Kier molecular flexibility index (Phi) is 5.73. The third-order valence-corrected chi connectivity index (χ3v) is 1.22. The lowest BCUT2D eigenvalue weighted by Gasteiger charge is -1.87. The molecule has 0 aliphatic carbocycles. The first-order chi connectivity index (χ1) is 3.77. The summed E-state index contributed by atoms with van der Waals surface area (Å²) in [6, 6.07) is 0. The highest BCUT2D eigenvalue weighted by molar-refractivity contribution is 7.73. The molecule has 1 atom stereocenters. The average Bonchev–Trinajstić information content (AvgIpc) is 1.66. The third kappa shape index (κ3) is 6.35. The highest BCUT2D eigenvalue weighted by atomic mass is 35.7. The van der Waals surface area contributed by atoms with Crippen molar-refractivity contribution in [3.63, 3.8) is 0 Å². The van der Waals surface area contributed by atoms with E-state index in [2.05, 4.69) is 0 Å². The van der Waals surface area contributed by atoms with Gasteiger partial charge in [0.05, 0.1) is 6.61 Å². The lowest BCUT2D eigenvalue weighted by Crippen LogP contribution is -1.88. The van der Waals surface area contributed by atoms with E-state index < -0.39 is 7.15 Å². The van der Waals surface area contributed by atoms with Crippen LogP contribution >= 0.6 is 18.4 Å². The summed E-state index contributed by atoms with van der Waals surface area (Å²) >= 11 is 5.10. The summed E-state index contributed by atoms with van der Waals surface area (Å²) in [7, 11) is -1.61. The van der Waals surface area contributed by atoms with Gasteiger partial charge in [0.15, 0.2) is 0 Å². The maximum Gasteiger partial charge on any atom is 0.483 e. The van der Waals surface area contributed by atoms with Crippen molar-refractivity contribution in [2.45, 2.75) is 13.3 Å². The molecule has 0 aliphatic rings. The second-order valence-electron chi connectivity index (χ2n) is 1.35. The van der Waals surface area contributed by atoms with E-state index in [-0.39, 0.29) is 6.35 Å².